The predicted octanol–water partition coefficient (Wildman–Crippen LogP) is 1.90. The number of aliphatic hydroxyl groups excluding tert-OH is 1. The quantitative estimate of drug-likeness (QED) is 0.828. The highest BCUT2D eigenvalue weighted by Crippen LogP contribution is 2.33. The highest BCUT2D eigenvalue weighted by atomic mass is 35.5. The molecule has 0 saturated heterocycles. The van der Waals surface area contributed by atoms with E-state index in [0.29, 0.717) is 16.1 Å². The Labute approximate surface area is 128 Å². The Balaban J connectivity index is 3.10. The number of methoxy groups -OCH3 is 1. The van der Waals surface area contributed by atoms with Crippen molar-refractivity contribution in [1.29, 1.82) is 0 Å². The topological polar surface area (TPSA) is 75.6 Å². The first-order valence-corrected chi connectivity index (χ1v) is 8.06. The van der Waals surface area contributed by atoms with Crippen molar-refractivity contribution in [2.45, 2.75) is 24.8 Å². The van der Waals surface area contributed by atoms with Crippen molar-refractivity contribution in [3.05, 3.63) is 27.2 Å². The maximum atomic E-state index is 12.3. The zero-order chi connectivity index (χ0) is 15.5. The summed E-state index contributed by atoms with van der Waals surface area (Å²) in [6.07, 6.45) is -0.936. The van der Waals surface area contributed by atoms with Crippen LogP contribution in [0.1, 0.15) is 11.1 Å². The van der Waals surface area contributed by atoms with Crippen LogP contribution >= 0.6 is 23.2 Å². The second-order valence-corrected chi connectivity index (χ2v) is 6.89. The lowest BCUT2D eigenvalue weighted by Gasteiger charge is -2.15. The fraction of sp³-hybridized carbons (Fsp3) is 0.500. The number of ether oxygens (including phenoxy) is 1. The smallest absolute Gasteiger partial charge is 0.242 e. The van der Waals surface area contributed by atoms with Gasteiger partial charge in [0.25, 0.3) is 0 Å². The minimum Gasteiger partial charge on any atom is -0.389 e. The molecule has 1 unspecified atom stereocenters. The molecule has 0 heterocycles. The fourth-order valence-corrected chi connectivity index (χ4v) is 3.94. The molecule has 2 N–H and O–H groups in total. The molecule has 20 heavy (non-hydrogen) atoms. The molecule has 0 aliphatic carbocycles. The molecule has 0 amide bonds. The Kier molecular flexibility index (Phi) is 6.25. The fourth-order valence-electron chi connectivity index (χ4n) is 1.66. The van der Waals surface area contributed by atoms with Crippen molar-refractivity contribution in [1.82, 2.24) is 4.72 Å². The van der Waals surface area contributed by atoms with Crippen LogP contribution in [-0.2, 0) is 14.8 Å². The van der Waals surface area contributed by atoms with E-state index < -0.39 is 16.1 Å². The van der Waals surface area contributed by atoms with Crippen LogP contribution in [0.4, 0.5) is 0 Å². The summed E-state index contributed by atoms with van der Waals surface area (Å²) in [6, 6.07) is 1.61. The number of aryl methyl sites for hydroxylation is 1. The third kappa shape index (κ3) is 4.07. The Hall–Kier alpha value is -0.370. The van der Waals surface area contributed by atoms with Crippen molar-refractivity contribution >= 4 is 33.2 Å². The van der Waals surface area contributed by atoms with Gasteiger partial charge in [-0.2, -0.15) is 0 Å². The van der Waals surface area contributed by atoms with Gasteiger partial charge in [0.15, 0.2) is 0 Å². The molecule has 0 radical (unpaired) electrons. The van der Waals surface area contributed by atoms with Gasteiger partial charge in [0, 0.05) is 18.7 Å². The lowest BCUT2D eigenvalue weighted by atomic mass is 10.2. The van der Waals surface area contributed by atoms with E-state index in [1.54, 1.807) is 19.9 Å². The summed E-state index contributed by atoms with van der Waals surface area (Å²) in [5.41, 5.74) is 0.941. The molecular formula is C12H17Cl2NO4S. The van der Waals surface area contributed by atoms with Gasteiger partial charge in [-0.05, 0) is 31.0 Å². The molecule has 8 heteroatoms. The summed E-state index contributed by atoms with van der Waals surface area (Å²) in [4.78, 5) is -0.0613. The number of aliphatic hydroxyl groups is 1. The van der Waals surface area contributed by atoms with E-state index in [2.05, 4.69) is 4.72 Å². The normalized spacial score (nSPS) is 13.5. The van der Waals surface area contributed by atoms with Gasteiger partial charge < -0.3 is 9.84 Å². The van der Waals surface area contributed by atoms with Gasteiger partial charge in [0.2, 0.25) is 10.0 Å². The molecule has 0 aliphatic heterocycles. The summed E-state index contributed by atoms with van der Waals surface area (Å²) in [6.45, 7) is 3.11. The summed E-state index contributed by atoms with van der Waals surface area (Å²) in [5.74, 6) is 0. The predicted molar refractivity (Wildman–Crippen MR) is 79.0 cm³/mol. The van der Waals surface area contributed by atoms with Crippen LogP contribution in [0.15, 0.2) is 11.0 Å². The zero-order valence-corrected chi connectivity index (χ0v) is 13.7. The third-order valence-electron chi connectivity index (χ3n) is 2.72. The molecule has 1 aromatic rings. The van der Waals surface area contributed by atoms with Crippen molar-refractivity contribution in [2.24, 2.45) is 0 Å². The Morgan fingerprint density at radius 2 is 2.00 bits per heavy atom. The number of sulfonamides is 1. The molecular weight excluding hydrogens is 325 g/mol. The van der Waals surface area contributed by atoms with Crippen LogP contribution in [0.3, 0.4) is 0 Å². The number of nitrogens with one attached hydrogen (secondary N) is 1. The first-order chi connectivity index (χ1) is 9.20. The third-order valence-corrected chi connectivity index (χ3v) is 5.31. The van der Waals surface area contributed by atoms with Crippen molar-refractivity contribution in [2.75, 3.05) is 20.3 Å². The molecule has 0 bridgehead atoms. The average molecular weight is 342 g/mol. The minimum atomic E-state index is -3.86. The number of rotatable bonds is 6. The number of hydrogen-bond acceptors (Lipinski definition) is 4. The zero-order valence-electron chi connectivity index (χ0n) is 11.4. The average Bonchev–Trinajstić information content (AvgIpc) is 2.35. The number of halogens is 2. The lowest BCUT2D eigenvalue weighted by Crippen LogP contribution is -2.34. The molecule has 0 fully saturated rings. The maximum absolute atomic E-state index is 12.3. The number of hydrogen-bond donors (Lipinski definition) is 2. The van der Waals surface area contributed by atoms with E-state index in [1.165, 1.54) is 7.11 Å². The van der Waals surface area contributed by atoms with E-state index in [-0.39, 0.29) is 23.1 Å². The van der Waals surface area contributed by atoms with E-state index in [9.17, 15) is 13.5 Å². The molecule has 0 spiro atoms. The molecule has 0 saturated carbocycles. The summed E-state index contributed by atoms with van der Waals surface area (Å²) < 4.78 is 31.6. The molecule has 0 aromatic heterocycles. The van der Waals surface area contributed by atoms with Crippen molar-refractivity contribution in [3.8, 4) is 0 Å². The second kappa shape index (κ2) is 7.06. The summed E-state index contributed by atoms with van der Waals surface area (Å²) in [5, 5.41) is 9.95. The highest BCUT2D eigenvalue weighted by Gasteiger charge is 2.24. The van der Waals surface area contributed by atoms with Crippen LogP contribution in [-0.4, -0.2) is 39.9 Å². The van der Waals surface area contributed by atoms with Crippen LogP contribution in [0.2, 0.25) is 10.0 Å². The standard InChI is InChI=1S/C12H17Cl2NO4S/c1-7-4-10(13)8(2)12(11(7)14)20(17,18)15-5-9(16)6-19-3/h4,9,15-16H,5-6H2,1-3H3. The van der Waals surface area contributed by atoms with Crippen LogP contribution < -0.4 is 4.72 Å². The van der Waals surface area contributed by atoms with E-state index >= 15 is 0 Å². The van der Waals surface area contributed by atoms with Crippen LogP contribution in [0, 0.1) is 13.8 Å². The molecule has 0 aliphatic rings. The van der Waals surface area contributed by atoms with Crippen molar-refractivity contribution < 1.29 is 18.3 Å². The molecule has 1 atom stereocenters. The second-order valence-electron chi connectivity index (χ2n) is 4.40. The Bertz CT molecular complexity index is 563. The summed E-state index contributed by atoms with van der Waals surface area (Å²) >= 11 is 12.1. The van der Waals surface area contributed by atoms with Crippen LogP contribution in [0.25, 0.3) is 0 Å². The Morgan fingerprint density at radius 3 is 2.55 bits per heavy atom. The van der Waals surface area contributed by atoms with Crippen molar-refractivity contribution in [3.63, 3.8) is 0 Å². The van der Waals surface area contributed by atoms with Gasteiger partial charge >= 0.3 is 0 Å². The van der Waals surface area contributed by atoms with Gasteiger partial charge in [-0.1, -0.05) is 23.2 Å². The van der Waals surface area contributed by atoms with Gasteiger partial charge in [-0.25, -0.2) is 13.1 Å². The molecule has 1 aromatic carbocycles. The monoisotopic (exact) mass is 341 g/mol. The Morgan fingerprint density at radius 1 is 1.40 bits per heavy atom. The van der Waals surface area contributed by atoms with Crippen LogP contribution in [0.5, 0.6) is 0 Å². The lowest BCUT2D eigenvalue weighted by molar-refractivity contribution is 0.0679. The number of benzene rings is 1. The maximum Gasteiger partial charge on any atom is 0.242 e. The SMILES string of the molecule is COCC(O)CNS(=O)(=O)c1c(C)c(Cl)cc(C)c1Cl. The first kappa shape index (κ1) is 17.7. The molecule has 1 rings (SSSR count). The first-order valence-electron chi connectivity index (χ1n) is 5.82. The molecule has 5 nitrogen and oxygen atoms in total. The highest BCUT2D eigenvalue weighted by molar-refractivity contribution is 7.89. The van der Waals surface area contributed by atoms with Gasteiger partial charge in [0.1, 0.15) is 4.90 Å². The van der Waals surface area contributed by atoms with Gasteiger partial charge in [-0.15, -0.1) is 0 Å². The van der Waals surface area contributed by atoms with E-state index in [1.807, 2.05) is 0 Å². The largest absolute Gasteiger partial charge is 0.389 e. The summed E-state index contributed by atoms with van der Waals surface area (Å²) in [7, 11) is -2.45. The van der Waals surface area contributed by atoms with Gasteiger partial charge in [0.05, 0.1) is 17.7 Å². The molecule has 114 valence electrons. The van der Waals surface area contributed by atoms with E-state index in [0.717, 1.165) is 0 Å². The minimum absolute atomic E-state index is 0.0316. The van der Waals surface area contributed by atoms with E-state index in [4.69, 9.17) is 27.9 Å². The van der Waals surface area contributed by atoms with Gasteiger partial charge in [-0.3, -0.25) is 0 Å².